The molecule has 15 aromatic carbocycles. The largest absolute Gasteiger partial charge is 0.244 e. The van der Waals surface area contributed by atoms with E-state index < -0.39 is 0 Å². The van der Waals surface area contributed by atoms with Crippen LogP contribution in [0.3, 0.4) is 0 Å². The molecule has 0 amide bonds. The lowest BCUT2D eigenvalue weighted by Crippen LogP contribution is -2.44. The van der Waals surface area contributed by atoms with E-state index in [0.29, 0.717) is 34.9 Å². The van der Waals surface area contributed by atoms with Gasteiger partial charge in [0.15, 0.2) is 34.9 Å². The predicted octanol–water partition coefficient (Wildman–Crippen LogP) is 30.8. The first-order valence-electron chi connectivity index (χ1n) is 43.6. The van der Waals surface area contributed by atoms with Gasteiger partial charge in [0.1, 0.15) is 0 Å². The summed E-state index contributed by atoms with van der Waals surface area (Å²) >= 11 is 3.66. The smallest absolute Gasteiger partial charge is 0.164 e. The van der Waals surface area contributed by atoms with E-state index >= 15 is 0 Å². The van der Waals surface area contributed by atoms with Crippen molar-refractivity contribution >= 4 is 74.1 Å². The molecule has 23 rings (SSSR count). The van der Waals surface area contributed by atoms with Gasteiger partial charge in [0.2, 0.25) is 0 Å². The third-order valence-electron chi connectivity index (χ3n) is 28.6. The number of thiophene rings is 2. The molecule has 0 radical (unpaired) electrons. The van der Waals surface area contributed by atoms with Crippen LogP contribution in [0, 0.1) is 0 Å². The van der Waals surface area contributed by atoms with Crippen molar-refractivity contribution in [3.8, 4) is 135 Å². The first-order chi connectivity index (χ1) is 61.0. The second-order valence-electron chi connectivity index (χ2n) is 36.9. The molecule has 0 fully saturated rings. The maximum absolute atomic E-state index is 5.26. The van der Waals surface area contributed by atoms with E-state index in [1.165, 1.54) is 113 Å². The van der Waals surface area contributed by atoms with Crippen LogP contribution in [-0.4, -0.2) is 39.9 Å². The Bertz CT molecular complexity index is 7670. The zero-order chi connectivity index (χ0) is 86.2. The molecule has 3 aliphatic carbocycles. The average Bonchev–Trinajstić information content (AvgIpc) is 0.865. The quantitative estimate of drug-likeness (QED) is 0.141. The summed E-state index contributed by atoms with van der Waals surface area (Å²) in [6.07, 6.45) is 0. The van der Waals surface area contributed by atoms with Crippen LogP contribution in [0.4, 0.5) is 0 Å². The van der Waals surface area contributed by atoms with Gasteiger partial charge in [-0.25, -0.2) is 39.9 Å². The summed E-state index contributed by atoms with van der Waals surface area (Å²) < 4.78 is 5.14. The molecule has 0 aliphatic heterocycles. The molecule has 3 aliphatic rings. The molecular weight excluding hydrogens is 1570 g/mol. The minimum Gasteiger partial charge on any atom is -0.244 e. The topological polar surface area (TPSA) is 103 Å². The van der Waals surface area contributed by atoms with Gasteiger partial charge in [0, 0.05) is 95.7 Å². The Labute approximate surface area is 744 Å². The molecule has 126 heavy (non-hydrogen) atoms. The summed E-state index contributed by atoms with van der Waals surface area (Å²) in [4.78, 5) is 41.0. The molecule has 0 saturated carbocycles. The SMILES string of the molecule is CC1(C)c2ccccc2-c2ccc(-c3nc4ccccc4nc3-c3ccc4c(c3)sc3ccccc34)cc2C1(C)C.CC1(C)c2ccccc2-c2cccc(-c3ccccc3-c3nc(-c4ccccc4)nc(-c4ccccc4)n3)c2C1(C)C.CC1(C)c2ccccc2-c2cccc(-c3nc(-c4ccccc4)nc(-c4ccc5sc6ccccc6c5c4)n3)c2C1(C)C. The van der Waals surface area contributed by atoms with Gasteiger partial charge in [-0.15, -0.1) is 22.7 Å². The molecule has 0 saturated heterocycles. The Morgan fingerprint density at radius 1 is 0.175 bits per heavy atom. The molecule has 0 N–H and O–H groups in total. The fourth-order valence-corrected chi connectivity index (χ4v) is 22.1. The molecule has 610 valence electrons. The highest BCUT2D eigenvalue weighted by atomic mass is 32.1. The Hall–Kier alpha value is -13.9. The van der Waals surface area contributed by atoms with Crippen LogP contribution < -0.4 is 0 Å². The lowest BCUT2D eigenvalue weighted by atomic mass is 9.54. The van der Waals surface area contributed by atoms with Crippen molar-refractivity contribution in [2.45, 2.75) is 116 Å². The summed E-state index contributed by atoms with van der Waals surface area (Å²) in [5, 5.41) is 5.10. The molecular formula is C116H94N8S2. The molecule has 10 heteroatoms. The highest BCUT2D eigenvalue weighted by Gasteiger charge is 2.50. The number of aromatic nitrogens is 8. The fraction of sp³-hybridized carbons (Fsp3) is 0.155. The van der Waals surface area contributed by atoms with E-state index in [1.54, 1.807) is 0 Å². The Balaban J connectivity index is 0.000000115. The predicted molar refractivity (Wildman–Crippen MR) is 528 cm³/mol. The number of hydrogen-bond acceptors (Lipinski definition) is 10. The van der Waals surface area contributed by atoms with E-state index in [4.69, 9.17) is 39.9 Å². The van der Waals surface area contributed by atoms with Gasteiger partial charge in [0.25, 0.3) is 0 Å². The molecule has 0 atom stereocenters. The van der Waals surface area contributed by atoms with Crippen LogP contribution in [-0.2, 0) is 32.5 Å². The summed E-state index contributed by atoms with van der Waals surface area (Å²) in [6.45, 7) is 28.5. The highest BCUT2D eigenvalue weighted by Crippen LogP contribution is 2.60. The third-order valence-corrected chi connectivity index (χ3v) is 30.9. The lowest BCUT2D eigenvalue weighted by molar-refractivity contribution is 0.299. The first-order valence-corrected chi connectivity index (χ1v) is 45.3. The van der Waals surface area contributed by atoms with Gasteiger partial charge in [0.05, 0.1) is 22.4 Å². The first kappa shape index (κ1) is 79.3. The summed E-state index contributed by atoms with van der Waals surface area (Å²) in [5.41, 5.74) is 29.6. The van der Waals surface area contributed by atoms with Gasteiger partial charge in [-0.1, -0.05) is 380 Å². The maximum atomic E-state index is 5.26. The molecule has 0 unspecified atom stereocenters. The van der Waals surface area contributed by atoms with E-state index in [9.17, 15) is 0 Å². The van der Waals surface area contributed by atoms with Gasteiger partial charge in [-0.05, 0) is 154 Å². The lowest BCUT2D eigenvalue weighted by Gasteiger charge is -2.49. The van der Waals surface area contributed by atoms with Crippen molar-refractivity contribution in [3.05, 3.63) is 385 Å². The molecule has 0 spiro atoms. The van der Waals surface area contributed by atoms with Crippen LogP contribution in [0.2, 0.25) is 0 Å². The summed E-state index contributed by atoms with van der Waals surface area (Å²) in [6, 6.07) is 125. The second kappa shape index (κ2) is 30.5. The van der Waals surface area contributed by atoms with Crippen molar-refractivity contribution in [2.75, 3.05) is 0 Å². The van der Waals surface area contributed by atoms with Gasteiger partial charge < -0.3 is 0 Å². The van der Waals surface area contributed by atoms with Crippen molar-refractivity contribution in [1.82, 2.24) is 39.9 Å². The number of nitrogens with zero attached hydrogens (tertiary/aromatic N) is 8. The summed E-state index contributed by atoms with van der Waals surface area (Å²) in [5.74, 6) is 4.08. The van der Waals surface area contributed by atoms with Gasteiger partial charge in [-0.3, -0.25) is 0 Å². The van der Waals surface area contributed by atoms with Gasteiger partial charge in [-0.2, -0.15) is 0 Å². The number of hydrogen-bond donors (Lipinski definition) is 0. The number of benzene rings is 15. The van der Waals surface area contributed by atoms with E-state index in [0.717, 1.165) is 72.5 Å². The van der Waals surface area contributed by atoms with Gasteiger partial charge >= 0.3 is 0 Å². The minimum atomic E-state index is -0.179. The number of rotatable bonds is 9. The monoisotopic (exact) mass is 1660 g/mol. The standard InChI is InChI=1S/C39H31N3S.C39H33N3.C38H30N2S/c1-38(2)31-19-10-8-15-26(31)28-17-12-18-29(34(28)39(38,3)4)37-41-35(24-13-6-5-7-14-24)40-36(42-37)25-21-22-33-30(23-25)27-16-9-11-20-32(27)43-33;1-38(2)33-25-14-13-21-29(33)31-24-15-23-30(34(31)39(38,3)4)28-20-11-12-22-32(28)37-41-35(26-16-7-5-8-17-26)40-36(42-37)27-18-9-6-10-19-27;1-37(2)29-13-7-5-11-25(29)26-19-17-23(21-30(26)38(37,3)4)35-36(40-32-15-9-8-14-31(32)39-35)24-18-20-28-27-12-6-10-16-33(27)41-34(28)22-24/h5-23H,1-4H3;5-25H,1-4H3;5-22H,1-4H3. The van der Waals surface area contributed by atoms with Crippen LogP contribution in [0.25, 0.3) is 187 Å². The Morgan fingerprint density at radius 3 is 1.01 bits per heavy atom. The molecule has 5 aromatic heterocycles. The molecule has 0 bridgehead atoms. The van der Waals surface area contributed by atoms with Crippen LogP contribution in [0.1, 0.15) is 116 Å². The Morgan fingerprint density at radius 2 is 0.492 bits per heavy atom. The van der Waals surface area contributed by atoms with Crippen molar-refractivity contribution in [3.63, 3.8) is 0 Å². The normalized spacial score (nSPS) is 14.9. The molecule has 5 heterocycles. The van der Waals surface area contributed by atoms with Crippen LogP contribution in [0.5, 0.6) is 0 Å². The highest BCUT2D eigenvalue weighted by molar-refractivity contribution is 7.26. The van der Waals surface area contributed by atoms with Crippen molar-refractivity contribution in [1.29, 1.82) is 0 Å². The van der Waals surface area contributed by atoms with E-state index in [-0.39, 0.29) is 32.5 Å². The summed E-state index contributed by atoms with van der Waals surface area (Å²) in [7, 11) is 0. The number of para-hydroxylation sites is 2. The zero-order valence-electron chi connectivity index (χ0n) is 72.9. The van der Waals surface area contributed by atoms with E-state index in [1.807, 2.05) is 89.4 Å². The van der Waals surface area contributed by atoms with Crippen LogP contribution in [0.15, 0.2) is 352 Å². The average molecular weight is 1660 g/mol. The zero-order valence-corrected chi connectivity index (χ0v) is 74.5. The fourth-order valence-electron chi connectivity index (χ4n) is 19.8. The third kappa shape index (κ3) is 13.0. The van der Waals surface area contributed by atoms with Crippen LogP contribution >= 0.6 is 22.7 Å². The second-order valence-corrected chi connectivity index (χ2v) is 39.1. The molecule has 8 nitrogen and oxygen atoms in total. The molecule has 20 aromatic rings. The van der Waals surface area contributed by atoms with Crippen molar-refractivity contribution in [2.24, 2.45) is 0 Å². The van der Waals surface area contributed by atoms with E-state index in [2.05, 4.69) is 368 Å². The van der Waals surface area contributed by atoms with Crippen molar-refractivity contribution < 1.29 is 0 Å². The minimum absolute atomic E-state index is 0.0284. The number of fused-ring (bicyclic) bond motifs is 16. The Kier molecular flexibility index (Phi) is 19.2. The maximum Gasteiger partial charge on any atom is 0.164 e.